The Morgan fingerprint density at radius 3 is 2.24 bits per heavy atom. The molecule has 0 bridgehead atoms. The predicted octanol–water partition coefficient (Wildman–Crippen LogP) is 1.63. The van der Waals surface area contributed by atoms with E-state index in [4.69, 9.17) is 0 Å². The van der Waals surface area contributed by atoms with Gasteiger partial charge in [-0.15, -0.1) is 0 Å². The number of hydrogen-bond acceptors (Lipinski definition) is 3. The first-order chi connectivity index (χ1) is 8.14. The highest BCUT2D eigenvalue weighted by Gasteiger charge is 2.18. The molecule has 1 aliphatic carbocycles. The highest BCUT2D eigenvalue weighted by atomic mass is 32.2. The van der Waals surface area contributed by atoms with E-state index in [2.05, 4.69) is 10.0 Å². The number of hydrogen-bond donors (Lipinski definition) is 2. The van der Waals surface area contributed by atoms with Crippen LogP contribution in [0.4, 0.5) is 0 Å². The van der Waals surface area contributed by atoms with Gasteiger partial charge in [-0.1, -0.05) is 39.0 Å². The molecule has 1 aliphatic rings. The normalized spacial score (nSPS) is 19.8. The molecule has 0 aromatic heterocycles. The molecule has 17 heavy (non-hydrogen) atoms. The SMILES string of the molecule is CCNCCS(=O)(=O)NC1CCCCCCC1. The first kappa shape index (κ1) is 14.9. The zero-order valence-electron chi connectivity index (χ0n) is 10.9. The van der Waals surface area contributed by atoms with Gasteiger partial charge in [-0.05, 0) is 19.4 Å². The summed E-state index contributed by atoms with van der Waals surface area (Å²) in [4.78, 5) is 0. The van der Waals surface area contributed by atoms with Crippen molar-refractivity contribution in [3.8, 4) is 0 Å². The fourth-order valence-corrected chi connectivity index (χ4v) is 3.54. The van der Waals surface area contributed by atoms with Crippen LogP contribution in [0.1, 0.15) is 51.9 Å². The van der Waals surface area contributed by atoms with Gasteiger partial charge in [0.05, 0.1) is 5.75 Å². The van der Waals surface area contributed by atoms with Crippen LogP contribution in [-0.2, 0) is 10.0 Å². The lowest BCUT2D eigenvalue weighted by atomic mass is 9.97. The van der Waals surface area contributed by atoms with Gasteiger partial charge in [-0.3, -0.25) is 0 Å². The van der Waals surface area contributed by atoms with E-state index < -0.39 is 10.0 Å². The summed E-state index contributed by atoms with van der Waals surface area (Å²) in [5, 5.41) is 3.04. The Bertz CT molecular complexity index is 283. The minimum Gasteiger partial charge on any atom is -0.316 e. The van der Waals surface area contributed by atoms with Crippen LogP contribution in [0.5, 0.6) is 0 Å². The van der Waals surface area contributed by atoms with Crippen molar-refractivity contribution in [3.05, 3.63) is 0 Å². The molecule has 1 fully saturated rings. The van der Waals surface area contributed by atoms with Gasteiger partial charge >= 0.3 is 0 Å². The molecule has 2 N–H and O–H groups in total. The Hall–Kier alpha value is -0.130. The lowest BCUT2D eigenvalue weighted by Crippen LogP contribution is -2.39. The number of nitrogens with one attached hydrogen (secondary N) is 2. The fraction of sp³-hybridized carbons (Fsp3) is 1.00. The van der Waals surface area contributed by atoms with Crippen LogP contribution in [0.15, 0.2) is 0 Å². The van der Waals surface area contributed by atoms with Crippen LogP contribution in [0.3, 0.4) is 0 Å². The molecule has 0 aliphatic heterocycles. The van der Waals surface area contributed by atoms with Crippen molar-refractivity contribution < 1.29 is 8.42 Å². The first-order valence-corrected chi connectivity index (χ1v) is 8.50. The molecule has 0 radical (unpaired) electrons. The first-order valence-electron chi connectivity index (χ1n) is 6.85. The van der Waals surface area contributed by atoms with Gasteiger partial charge < -0.3 is 5.32 Å². The van der Waals surface area contributed by atoms with Crippen LogP contribution in [0.2, 0.25) is 0 Å². The quantitative estimate of drug-likeness (QED) is 0.715. The minimum absolute atomic E-state index is 0.168. The molecule has 0 atom stereocenters. The topological polar surface area (TPSA) is 58.2 Å². The molecule has 102 valence electrons. The molecule has 5 heteroatoms. The summed E-state index contributed by atoms with van der Waals surface area (Å²) >= 11 is 0. The maximum Gasteiger partial charge on any atom is 0.213 e. The Morgan fingerprint density at radius 1 is 1.06 bits per heavy atom. The van der Waals surface area contributed by atoms with Crippen molar-refractivity contribution in [2.45, 2.75) is 57.9 Å². The predicted molar refractivity (Wildman–Crippen MR) is 71.6 cm³/mol. The molecule has 1 rings (SSSR count). The van der Waals surface area contributed by atoms with Crippen molar-refractivity contribution in [3.63, 3.8) is 0 Å². The highest BCUT2D eigenvalue weighted by Crippen LogP contribution is 2.17. The van der Waals surface area contributed by atoms with E-state index in [1.165, 1.54) is 19.3 Å². The molecule has 0 aromatic rings. The van der Waals surface area contributed by atoms with Gasteiger partial charge in [0.15, 0.2) is 0 Å². The molecule has 0 spiro atoms. The number of rotatable bonds is 6. The second-order valence-corrected chi connectivity index (χ2v) is 6.71. The van der Waals surface area contributed by atoms with E-state index in [1.807, 2.05) is 6.92 Å². The van der Waals surface area contributed by atoms with E-state index in [0.717, 1.165) is 32.2 Å². The molecular weight excluding hydrogens is 236 g/mol. The molecule has 0 heterocycles. The Morgan fingerprint density at radius 2 is 1.65 bits per heavy atom. The average Bonchev–Trinajstić information content (AvgIpc) is 2.22. The smallest absolute Gasteiger partial charge is 0.213 e. The summed E-state index contributed by atoms with van der Waals surface area (Å²) in [6.45, 7) is 3.34. The second-order valence-electron chi connectivity index (χ2n) is 4.83. The molecule has 1 saturated carbocycles. The van der Waals surface area contributed by atoms with Gasteiger partial charge in [-0.25, -0.2) is 13.1 Å². The van der Waals surface area contributed by atoms with E-state index in [-0.39, 0.29) is 11.8 Å². The molecule has 0 unspecified atom stereocenters. The lowest BCUT2D eigenvalue weighted by Gasteiger charge is -2.20. The molecule has 0 saturated heterocycles. The van der Waals surface area contributed by atoms with E-state index in [1.54, 1.807) is 0 Å². The van der Waals surface area contributed by atoms with Crippen LogP contribution < -0.4 is 10.0 Å². The maximum absolute atomic E-state index is 11.8. The molecule has 0 aromatic carbocycles. The van der Waals surface area contributed by atoms with Crippen LogP contribution in [-0.4, -0.2) is 33.3 Å². The van der Waals surface area contributed by atoms with Crippen LogP contribution in [0.25, 0.3) is 0 Å². The van der Waals surface area contributed by atoms with Gasteiger partial charge in [0.2, 0.25) is 10.0 Å². The Balaban J connectivity index is 2.33. The lowest BCUT2D eigenvalue weighted by molar-refractivity contribution is 0.426. The van der Waals surface area contributed by atoms with Crippen LogP contribution >= 0.6 is 0 Å². The van der Waals surface area contributed by atoms with E-state index in [0.29, 0.717) is 6.54 Å². The molecule has 0 amide bonds. The molecular formula is C12H26N2O2S. The summed E-state index contributed by atoms with van der Waals surface area (Å²) in [6.07, 6.45) is 8.10. The highest BCUT2D eigenvalue weighted by molar-refractivity contribution is 7.89. The van der Waals surface area contributed by atoms with Crippen molar-refractivity contribution in [2.75, 3.05) is 18.8 Å². The Kier molecular flexibility index (Phi) is 7.08. The minimum atomic E-state index is -3.09. The zero-order valence-corrected chi connectivity index (χ0v) is 11.7. The third kappa shape index (κ3) is 7.01. The standard InChI is InChI=1S/C12H26N2O2S/c1-2-13-10-11-17(15,16)14-12-8-6-4-3-5-7-9-12/h12-14H,2-11H2,1H3. The zero-order chi connectivity index (χ0) is 12.6. The maximum atomic E-state index is 11.8. The third-order valence-electron chi connectivity index (χ3n) is 3.25. The van der Waals surface area contributed by atoms with Crippen molar-refractivity contribution in [2.24, 2.45) is 0 Å². The van der Waals surface area contributed by atoms with E-state index in [9.17, 15) is 8.42 Å². The van der Waals surface area contributed by atoms with Crippen LogP contribution in [0, 0.1) is 0 Å². The monoisotopic (exact) mass is 262 g/mol. The summed E-state index contributed by atoms with van der Waals surface area (Å²) in [5.41, 5.74) is 0. The van der Waals surface area contributed by atoms with Gasteiger partial charge in [0.25, 0.3) is 0 Å². The van der Waals surface area contributed by atoms with Gasteiger partial charge in [0.1, 0.15) is 0 Å². The number of sulfonamides is 1. The fourth-order valence-electron chi connectivity index (χ4n) is 2.27. The Labute approximate surface area is 106 Å². The summed E-state index contributed by atoms with van der Waals surface area (Å²) < 4.78 is 26.5. The summed E-state index contributed by atoms with van der Waals surface area (Å²) in [7, 11) is -3.09. The van der Waals surface area contributed by atoms with Crippen molar-refractivity contribution in [1.82, 2.24) is 10.0 Å². The van der Waals surface area contributed by atoms with E-state index >= 15 is 0 Å². The average molecular weight is 262 g/mol. The van der Waals surface area contributed by atoms with Gasteiger partial charge in [0, 0.05) is 12.6 Å². The van der Waals surface area contributed by atoms with Crippen molar-refractivity contribution >= 4 is 10.0 Å². The van der Waals surface area contributed by atoms with Gasteiger partial charge in [-0.2, -0.15) is 0 Å². The third-order valence-corrected chi connectivity index (χ3v) is 4.68. The molecule has 4 nitrogen and oxygen atoms in total. The van der Waals surface area contributed by atoms with Crippen molar-refractivity contribution in [1.29, 1.82) is 0 Å². The summed E-state index contributed by atoms with van der Waals surface area (Å²) in [6, 6.07) is 0.168. The summed E-state index contributed by atoms with van der Waals surface area (Å²) in [5.74, 6) is 0.192. The largest absolute Gasteiger partial charge is 0.316 e. The second kappa shape index (κ2) is 8.06.